The second-order valence-corrected chi connectivity index (χ2v) is 4.79. The van der Waals surface area contributed by atoms with Crippen molar-refractivity contribution in [2.45, 2.75) is 19.8 Å². The lowest BCUT2D eigenvalue weighted by molar-refractivity contribution is -0.158. The zero-order chi connectivity index (χ0) is 14.9. The molecule has 0 N–H and O–H groups in total. The third-order valence-electron chi connectivity index (χ3n) is 3.66. The number of carbonyl (C=O) groups is 3. The van der Waals surface area contributed by atoms with Crippen LogP contribution in [0.3, 0.4) is 0 Å². The van der Waals surface area contributed by atoms with E-state index in [2.05, 4.69) is 0 Å². The van der Waals surface area contributed by atoms with Crippen LogP contribution < -0.4 is 0 Å². The molecule has 6 heteroatoms. The second kappa shape index (κ2) is 5.48. The zero-order valence-corrected chi connectivity index (χ0v) is 11.6. The quantitative estimate of drug-likeness (QED) is 0.610. The monoisotopic (exact) mass is 280 g/mol. The van der Waals surface area contributed by atoms with Crippen molar-refractivity contribution in [3.8, 4) is 0 Å². The number of rotatable bonds is 3. The van der Waals surface area contributed by atoms with E-state index in [9.17, 15) is 14.4 Å². The van der Waals surface area contributed by atoms with Gasteiger partial charge in [0.05, 0.1) is 32.3 Å². The van der Waals surface area contributed by atoms with Crippen molar-refractivity contribution in [2.24, 2.45) is 11.8 Å². The van der Waals surface area contributed by atoms with Crippen LogP contribution in [0, 0.1) is 11.8 Å². The van der Waals surface area contributed by atoms with E-state index < -0.39 is 23.8 Å². The highest BCUT2D eigenvalue weighted by Crippen LogP contribution is 2.35. The van der Waals surface area contributed by atoms with Gasteiger partial charge in [-0.2, -0.15) is 0 Å². The number of furan rings is 1. The molecule has 0 bridgehead atoms. The lowest BCUT2D eigenvalue weighted by Crippen LogP contribution is -2.37. The normalized spacial score (nSPS) is 20.9. The van der Waals surface area contributed by atoms with Gasteiger partial charge < -0.3 is 13.9 Å². The molecule has 20 heavy (non-hydrogen) atoms. The van der Waals surface area contributed by atoms with Gasteiger partial charge in [-0.15, -0.1) is 0 Å². The average Bonchev–Trinajstić information content (AvgIpc) is 2.87. The number of ether oxygens (including phenoxy) is 2. The number of Topliss-reactive ketones (excluding diaryl/α,β-unsaturated/α-hetero) is 1. The maximum atomic E-state index is 11.9. The van der Waals surface area contributed by atoms with E-state index >= 15 is 0 Å². The summed E-state index contributed by atoms with van der Waals surface area (Å²) in [4.78, 5) is 35.2. The van der Waals surface area contributed by atoms with Gasteiger partial charge >= 0.3 is 11.9 Å². The average molecular weight is 280 g/mol. The summed E-state index contributed by atoms with van der Waals surface area (Å²) < 4.78 is 14.7. The number of hydrogen-bond donors (Lipinski definition) is 0. The summed E-state index contributed by atoms with van der Waals surface area (Å²) in [6.45, 7) is 1.40. The first-order valence-corrected chi connectivity index (χ1v) is 6.25. The van der Waals surface area contributed by atoms with Crippen molar-refractivity contribution in [1.29, 1.82) is 0 Å². The van der Waals surface area contributed by atoms with Gasteiger partial charge in [0.15, 0.2) is 11.5 Å². The van der Waals surface area contributed by atoms with Gasteiger partial charge in [0, 0.05) is 12.5 Å². The second-order valence-electron chi connectivity index (χ2n) is 4.79. The lowest BCUT2D eigenvalue weighted by atomic mass is 9.76. The number of carbonyl (C=O) groups excluding carboxylic acids is 3. The summed E-state index contributed by atoms with van der Waals surface area (Å²) in [6, 6.07) is 0. The Morgan fingerprint density at radius 3 is 2.15 bits per heavy atom. The Morgan fingerprint density at radius 2 is 1.65 bits per heavy atom. The van der Waals surface area contributed by atoms with E-state index in [0.29, 0.717) is 12.0 Å². The molecule has 0 fully saturated rings. The molecule has 0 aromatic carbocycles. The Morgan fingerprint density at radius 1 is 1.10 bits per heavy atom. The van der Waals surface area contributed by atoms with Crippen LogP contribution in [0.2, 0.25) is 0 Å². The molecule has 1 aromatic rings. The predicted octanol–water partition coefficient (Wildman–Crippen LogP) is 1.16. The number of esters is 2. The van der Waals surface area contributed by atoms with E-state index in [0.717, 1.165) is 5.56 Å². The van der Waals surface area contributed by atoms with Gasteiger partial charge in [0.1, 0.15) is 0 Å². The van der Waals surface area contributed by atoms with E-state index in [1.165, 1.54) is 27.4 Å². The third kappa shape index (κ3) is 2.33. The van der Waals surface area contributed by atoms with Gasteiger partial charge in [-0.05, 0) is 18.4 Å². The first-order chi connectivity index (χ1) is 9.49. The molecule has 1 heterocycles. The number of ketones is 1. The first-order valence-electron chi connectivity index (χ1n) is 6.25. The molecule has 0 saturated heterocycles. The van der Waals surface area contributed by atoms with Crippen molar-refractivity contribution in [1.82, 2.24) is 0 Å². The maximum absolute atomic E-state index is 11.9. The van der Waals surface area contributed by atoms with Crippen molar-refractivity contribution >= 4 is 17.7 Å². The molecule has 0 spiro atoms. The van der Waals surface area contributed by atoms with Gasteiger partial charge in [-0.25, -0.2) is 0 Å². The van der Waals surface area contributed by atoms with E-state index in [4.69, 9.17) is 13.9 Å². The van der Waals surface area contributed by atoms with Crippen LogP contribution in [0.15, 0.2) is 10.7 Å². The summed E-state index contributed by atoms with van der Waals surface area (Å²) >= 11 is 0. The molecule has 108 valence electrons. The maximum Gasteiger partial charge on any atom is 0.309 e. The number of methoxy groups -OCH3 is 2. The number of fused-ring (bicyclic) bond motifs is 1. The molecule has 1 aromatic heterocycles. The van der Waals surface area contributed by atoms with Crippen molar-refractivity contribution < 1.29 is 28.3 Å². The molecular weight excluding hydrogens is 264 g/mol. The first kappa shape index (κ1) is 14.3. The van der Waals surface area contributed by atoms with E-state index in [1.54, 1.807) is 0 Å². The fraction of sp³-hybridized carbons (Fsp3) is 0.500. The molecule has 0 amide bonds. The minimum atomic E-state index is -0.657. The topological polar surface area (TPSA) is 82.8 Å². The van der Waals surface area contributed by atoms with Crippen LogP contribution in [0.1, 0.15) is 28.6 Å². The Bertz CT molecular complexity index is 556. The van der Waals surface area contributed by atoms with E-state index in [-0.39, 0.29) is 18.0 Å². The van der Waals surface area contributed by atoms with Crippen LogP contribution in [-0.4, -0.2) is 31.9 Å². The smallest absolute Gasteiger partial charge is 0.309 e. The van der Waals surface area contributed by atoms with Crippen LogP contribution in [-0.2, 0) is 31.9 Å². The molecule has 6 nitrogen and oxygen atoms in total. The van der Waals surface area contributed by atoms with Gasteiger partial charge in [0.2, 0.25) is 0 Å². The SMILES string of the molecule is COC(=O)[C@@H]1Cc2coc(C(C)=O)c2C[C@H]1C(=O)OC. The molecular formula is C14H16O6. The van der Waals surface area contributed by atoms with Crippen LogP contribution in [0.5, 0.6) is 0 Å². The van der Waals surface area contributed by atoms with Crippen LogP contribution >= 0.6 is 0 Å². The molecule has 1 aliphatic carbocycles. The van der Waals surface area contributed by atoms with Crippen molar-refractivity contribution in [3.63, 3.8) is 0 Å². The predicted molar refractivity (Wildman–Crippen MR) is 67.1 cm³/mol. The molecule has 0 saturated carbocycles. The lowest BCUT2D eigenvalue weighted by Gasteiger charge is -2.27. The highest BCUT2D eigenvalue weighted by Gasteiger charge is 2.41. The van der Waals surface area contributed by atoms with E-state index in [1.807, 2.05) is 0 Å². The molecule has 0 unspecified atom stereocenters. The Hall–Kier alpha value is -2.11. The molecule has 2 atom stereocenters. The highest BCUT2D eigenvalue weighted by atomic mass is 16.5. The fourth-order valence-electron chi connectivity index (χ4n) is 2.65. The Balaban J connectivity index is 2.40. The standard InChI is InChI=1S/C14H16O6/c1-7(15)12-9-5-11(14(17)19-3)10(13(16)18-2)4-8(9)6-20-12/h6,10-11H,4-5H2,1-3H3/t10-,11-/m1/s1. The van der Waals surface area contributed by atoms with Gasteiger partial charge in [-0.3, -0.25) is 14.4 Å². The third-order valence-corrected chi connectivity index (χ3v) is 3.66. The van der Waals surface area contributed by atoms with Crippen LogP contribution in [0.25, 0.3) is 0 Å². The summed E-state index contributed by atoms with van der Waals surface area (Å²) in [5, 5.41) is 0. The van der Waals surface area contributed by atoms with Gasteiger partial charge in [-0.1, -0.05) is 0 Å². The molecule has 0 aliphatic heterocycles. The van der Waals surface area contributed by atoms with Crippen LogP contribution in [0.4, 0.5) is 0 Å². The molecule has 2 rings (SSSR count). The summed E-state index contributed by atoms with van der Waals surface area (Å²) in [7, 11) is 2.55. The minimum Gasteiger partial charge on any atom is -0.469 e. The fourth-order valence-corrected chi connectivity index (χ4v) is 2.65. The van der Waals surface area contributed by atoms with Crippen molar-refractivity contribution in [2.75, 3.05) is 14.2 Å². The summed E-state index contributed by atoms with van der Waals surface area (Å²) in [5.41, 5.74) is 1.46. The Labute approximate surface area is 116 Å². The summed E-state index contributed by atoms with van der Waals surface area (Å²) in [6.07, 6.45) is 2.02. The largest absolute Gasteiger partial charge is 0.469 e. The van der Waals surface area contributed by atoms with Crippen molar-refractivity contribution in [3.05, 3.63) is 23.2 Å². The Kier molecular flexibility index (Phi) is 3.92. The number of hydrogen-bond acceptors (Lipinski definition) is 6. The molecule has 1 aliphatic rings. The van der Waals surface area contributed by atoms with Gasteiger partial charge in [0.25, 0.3) is 0 Å². The zero-order valence-electron chi connectivity index (χ0n) is 11.6. The summed E-state index contributed by atoms with van der Waals surface area (Å²) in [5.74, 6) is -2.17. The minimum absolute atomic E-state index is 0.202. The highest BCUT2D eigenvalue weighted by molar-refractivity contribution is 5.94. The molecule has 0 radical (unpaired) electrons.